The highest BCUT2D eigenvalue weighted by Gasteiger charge is 2.19. The SMILES string of the molecule is COc1cc(N2CCN(c3ccc(N)cn3)CC2)ncn1. The first-order chi connectivity index (χ1) is 10.3. The maximum absolute atomic E-state index is 5.67. The van der Waals surface area contributed by atoms with Crippen LogP contribution in [0.3, 0.4) is 0 Å². The monoisotopic (exact) mass is 286 g/mol. The van der Waals surface area contributed by atoms with Crippen molar-refractivity contribution in [1.29, 1.82) is 0 Å². The maximum atomic E-state index is 5.67. The Bertz CT molecular complexity index is 595. The number of aromatic nitrogens is 3. The summed E-state index contributed by atoms with van der Waals surface area (Å²) in [6.07, 6.45) is 3.22. The van der Waals surface area contributed by atoms with Gasteiger partial charge in [0.1, 0.15) is 18.0 Å². The Morgan fingerprint density at radius 2 is 1.71 bits per heavy atom. The summed E-state index contributed by atoms with van der Waals surface area (Å²) >= 11 is 0. The molecular weight excluding hydrogens is 268 g/mol. The van der Waals surface area contributed by atoms with Crippen LogP contribution in [0.4, 0.5) is 17.3 Å². The number of nitrogens with zero attached hydrogens (tertiary/aromatic N) is 5. The molecule has 1 fully saturated rings. The van der Waals surface area contributed by atoms with E-state index in [9.17, 15) is 0 Å². The van der Waals surface area contributed by atoms with Crippen molar-refractivity contribution < 1.29 is 4.74 Å². The summed E-state index contributed by atoms with van der Waals surface area (Å²) in [5.41, 5.74) is 6.35. The van der Waals surface area contributed by atoms with Crippen molar-refractivity contribution in [3.05, 3.63) is 30.7 Å². The van der Waals surface area contributed by atoms with Crippen LogP contribution in [0.25, 0.3) is 0 Å². The molecule has 0 saturated carbocycles. The molecule has 0 aromatic carbocycles. The van der Waals surface area contributed by atoms with Gasteiger partial charge in [-0.15, -0.1) is 0 Å². The molecule has 21 heavy (non-hydrogen) atoms. The van der Waals surface area contributed by atoms with Gasteiger partial charge in [-0.05, 0) is 12.1 Å². The van der Waals surface area contributed by atoms with E-state index in [0.717, 1.165) is 37.8 Å². The third kappa shape index (κ3) is 2.96. The fourth-order valence-corrected chi connectivity index (χ4v) is 2.36. The molecule has 1 saturated heterocycles. The van der Waals surface area contributed by atoms with Crippen LogP contribution in [-0.4, -0.2) is 48.2 Å². The molecule has 0 unspecified atom stereocenters. The van der Waals surface area contributed by atoms with Crippen molar-refractivity contribution in [1.82, 2.24) is 15.0 Å². The summed E-state index contributed by atoms with van der Waals surface area (Å²) in [6.45, 7) is 3.55. The van der Waals surface area contributed by atoms with Gasteiger partial charge < -0.3 is 20.3 Å². The zero-order valence-corrected chi connectivity index (χ0v) is 11.9. The number of hydrogen-bond acceptors (Lipinski definition) is 7. The van der Waals surface area contributed by atoms with E-state index in [1.54, 1.807) is 13.3 Å². The second-order valence-corrected chi connectivity index (χ2v) is 4.84. The van der Waals surface area contributed by atoms with Gasteiger partial charge >= 0.3 is 0 Å². The van der Waals surface area contributed by atoms with Gasteiger partial charge in [0.15, 0.2) is 0 Å². The molecular formula is C14H18N6O. The zero-order valence-electron chi connectivity index (χ0n) is 11.9. The lowest BCUT2D eigenvalue weighted by Crippen LogP contribution is -2.47. The highest BCUT2D eigenvalue weighted by molar-refractivity contribution is 5.48. The summed E-state index contributed by atoms with van der Waals surface area (Å²) < 4.78 is 5.14. The molecule has 3 rings (SSSR count). The first kappa shape index (κ1) is 13.4. The van der Waals surface area contributed by atoms with E-state index in [-0.39, 0.29) is 0 Å². The van der Waals surface area contributed by atoms with Crippen molar-refractivity contribution in [2.45, 2.75) is 0 Å². The minimum Gasteiger partial charge on any atom is -0.481 e. The summed E-state index contributed by atoms with van der Waals surface area (Å²) in [6, 6.07) is 5.69. The summed E-state index contributed by atoms with van der Waals surface area (Å²) in [7, 11) is 1.61. The van der Waals surface area contributed by atoms with Crippen LogP contribution < -0.4 is 20.3 Å². The fraction of sp³-hybridized carbons (Fsp3) is 0.357. The van der Waals surface area contributed by atoms with Crippen LogP contribution in [0, 0.1) is 0 Å². The first-order valence-electron chi connectivity index (χ1n) is 6.84. The van der Waals surface area contributed by atoms with Crippen LogP contribution >= 0.6 is 0 Å². The molecule has 2 N–H and O–H groups in total. The lowest BCUT2D eigenvalue weighted by molar-refractivity contribution is 0.396. The molecule has 1 aliphatic heterocycles. The number of ether oxygens (including phenoxy) is 1. The largest absolute Gasteiger partial charge is 0.481 e. The van der Waals surface area contributed by atoms with E-state index in [1.165, 1.54) is 6.33 Å². The Morgan fingerprint density at radius 3 is 2.33 bits per heavy atom. The minimum absolute atomic E-state index is 0.586. The van der Waals surface area contributed by atoms with Crippen LogP contribution in [0.5, 0.6) is 5.88 Å². The Balaban J connectivity index is 1.65. The number of hydrogen-bond donors (Lipinski definition) is 1. The normalized spacial score (nSPS) is 15.1. The quantitative estimate of drug-likeness (QED) is 0.893. The number of rotatable bonds is 3. The number of nitrogen functional groups attached to an aromatic ring is 1. The molecule has 1 aliphatic rings. The average Bonchev–Trinajstić information content (AvgIpc) is 2.56. The van der Waals surface area contributed by atoms with Gasteiger partial charge in [0.05, 0.1) is 19.0 Å². The van der Waals surface area contributed by atoms with Crippen LogP contribution in [-0.2, 0) is 0 Å². The predicted molar refractivity (Wildman–Crippen MR) is 81.7 cm³/mol. The molecule has 2 aromatic rings. The molecule has 2 aromatic heterocycles. The first-order valence-corrected chi connectivity index (χ1v) is 6.84. The summed E-state index contributed by atoms with van der Waals surface area (Å²) in [5, 5.41) is 0. The highest BCUT2D eigenvalue weighted by Crippen LogP contribution is 2.19. The van der Waals surface area contributed by atoms with Gasteiger partial charge in [0.2, 0.25) is 5.88 Å². The molecule has 110 valence electrons. The smallest absolute Gasteiger partial charge is 0.218 e. The van der Waals surface area contributed by atoms with Gasteiger partial charge in [0, 0.05) is 32.2 Å². The van der Waals surface area contributed by atoms with Gasteiger partial charge in [-0.3, -0.25) is 0 Å². The van der Waals surface area contributed by atoms with Crippen molar-refractivity contribution in [2.75, 3.05) is 48.8 Å². The Kier molecular flexibility index (Phi) is 3.72. The topological polar surface area (TPSA) is 80.4 Å². The number of nitrogens with two attached hydrogens (primary N) is 1. The lowest BCUT2D eigenvalue weighted by Gasteiger charge is -2.36. The molecule has 3 heterocycles. The van der Waals surface area contributed by atoms with Crippen molar-refractivity contribution in [3.63, 3.8) is 0 Å². The minimum atomic E-state index is 0.586. The van der Waals surface area contributed by atoms with E-state index >= 15 is 0 Å². The third-order valence-corrected chi connectivity index (χ3v) is 3.54. The van der Waals surface area contributed by atoms with Crippen molar-refractivity contribution >= 4 is 17.3 Å². The highest BCUT2D eigenvalue weighted by atomic mass is 16.5. The van der Waals surface area contributed by atoms with Crippen LogP contribution in [0.2, 0.25) is 0 Å². The van der Waals surface area contributed by atoms with Crippen molar-refractivity contribution in [2.24, 2.45) is 0 Å². The Labute approximate surface area is 123 Å². The third-order valence-electron chi connectivity index (χ3n) is 3.54. The van der Waals surface area contributed by atoms with E-state index in [4.69, 9.17) is 10.5 Å². The molecule has 0 atom stereocenters. The molecule has 0 spiro atoms. The molecule has 7 nitrogen and oxygen atoms in total. The van der Waals surface area contributed by atoms with Gasteiger partial charge in [0.25, 0.3) is 0 Å². The number of piperazine rings is 1. The van der Waals surface area contributed by atoms with Gasteiger partial charge in [-0.1, -0.05) is 0 Å². The Hall–Kier alpha value is -2.57. The van der Waals surface area contributed by atoms with E-state index in [0.29, 0.717) is 11.6 Å². The van der Waals surface area contributed by atoms with Crippen molar-refractivity contribution in [3.8, 4) is 5.88 Å². The van der Waals surface area contributed by atoms with E-state index < -0.39 is 0 Å². The maximum Gasteiger partial charge on any atom is 0.218 e. The summed E-state index contributed by atoms with van der Waals surface area (Å²) in [5.74, 6) is 2.44. The molecule has 0 aliphatic carbocycles. The number of pyridine rings is 1. The fourth-order valence-electron chi connectivity index (χ4n) is 2.36. The predicted octanol–water partition coefficient (Wildman–Crippen LogP) is 0.789. The van der Waals surface area contributed by atoms with Gasteiger partial charge in [-0.2, -0.15) is 0 Å². The van der Waals surface area contributed by atoms with Crippen LogP contribution in [0.1, 0.15) is 0 Å². The zero-order chi connectivity index (χ0) is 14.7. The molecule has 0 radical (unpaired) electrons. The average molecular weight is 286 g/mol. The molecule has 0 bridgehead atoms. The lowest BCUT2D eigenvalue weighted by atomic mass is 10.3. The van der Waals surface area contributed by atoms with Gasteiger partial charge in [-0.25, -0.2) is 15.0 Å². The number of methoxy groups -OCH3 is 1. The second kappa shape index (κ2) is 5.82. The molecule has 7 heteroatoms. The number of anilines is 3. The van der Waals surface area contributed by atoms with E-state index in [1.807, 2.05) is 18.2 Å². The van der Waals surface area contributed by atoms with Crippen LogP contribution in [0.15, 0.2) is 30.7 Å². The summed E-state index contributed by atoms with van der Waals surface area (Å²) in [4.78, 5) is 17.2. The standard InChI is InChI=1S/C14H18N6O/c1-21-14-8-13(17-10-18-14)20-6-4-19(5-7-20)12-3-2-11(15)9-16-12/h2-3,8-10H,4-7,15H2,1H3. The second-order valence-electron chi connectivity index (χ2n) is 4.84. The van der Waals surface area contributed by atoms with E-state index in [2.05, 4.69) is 24.8 Å². The molecule has 0 amide bonds. The Morgan fingerprint density at radius 1 is 1.00 bits per heavy atom.